The molecule has 0 radical (unpaired) electrons. The third-order valence-corrected chi connectivity index (χ3v) is 7.63. The number of rotatable bonds is 8. The molecule has 0 saturated heterocycles. The summed E-state index contributed by atoms with van der Waals surface area (Å²) in [4.78, 5) is 47.6. The van der Waals surface area contributed by atoms with Crippen molar-refractivity contribution in [3.05, 3.63) is 78.0 Å². The summed E-state index contributed by atoms with van der Waals surface area (Å²) >= 11 is 0. The maximum Gasteiger partial charge on any atom is 0.270 e. The second-order valence-corrected chi connectivity index (χ2v) is 10.7. The van der Waals surface area contributed by atoms with E-state index in [1.807, 2.05) is 42.5 Å². The molecule has 12 heteroatoms. The molecule has 0 fully saturated rings. The number of ether oxygens (including phenoxy) is 2. The van der Waals surface area contributed by atoms with E-state index in [1.54, 1.807) is 30.4 Å². The first kappa shape index (κ1) is 29.8. The van der Waals surface area contributed by atoms with Crippen molar-refractivity contribution in [1.82, 2.24) is 35.7 Å². The summed E-state index contributed by atoms with van der Waals surface area (Å²) in [6.45, 7) is 1.34. The summed E-state index contributed by atoms with van der Waals surface area (Å²) in [5.74, 6) is -0.278. The lowest BCUT2D eigenvalue weighted by Crippen LogP contribution is -2.50. The minimum Gasteiger partial charge on any atom is -0.484 e. The van der Waals surface area contributed by atoms with Crippen molar-refractivity contribution >= 4 is 28.6 Å². The van der Waals surface area contributed by atoms with Gasteiger partial charge in [-0.25, -0.2) is 4.98 Å². The highest BCUT2D eigenvalue weighted by atomic mass is 16.5. The lowest BCUT2D eigenvalue weighted by Gasteiger charge is -2.33. The Morgan fingerprint density at radius 1 is 1.16 bits per heavy atom. The maximum atomic E-state index is 14.1. The molecule has 2 bridgehead atoms. The number of aromatic amines is 1. The predicted octanol–water partition coefficient (Wildman–Crippen LogP) is 2.01. The number of amides is 3. The van der Waals surface area contributed by atoms with E-state index in [1.165, 1.54) is 0 Å². The number of benzene rings is 2. The largest absolute Gasteiger partial charge is 0.484 e. The molecule has 5 rings (SSSR count). The van der Waals surface area contributed by atoms with Gasteiger partial charge in [0.05, 0.1) is 23.8 Å². The van der Waals surface area contributed by atoms with Gasteiger partial charge < -0.3 is 30.4 Å². The Morgan fingerprint density at radius 3 is 2.88 bits per heavy atom. The first-order chi connectivity index (χ1) is 21.0. The van der Waals surface area contributed by atoms with Crippen LogP contribution < -0.4 is 20.7 Å². The van der Waals surface area contributed by atoms with Crippen LogP contribution in [-0.4, -0.2) is 77.4 Å². The van der Waals surface area contributed by atoms with Gasteiger partial charge in [0.25, 0.3) is 11.8 Å². The van der Waals surface area contributed by atoms with E-state index in [0.29, 0.717) is 61.2 Å². The van der Waals surface area contributed by atoms with Gasteiger partial charge in [-0.05, 0) is 43.0 Å². The molecule has 4 N–H and O–H groups in total. The van der Waals surface area contributed by atoms with Crippen molar-refractivity contribution < 1.29 is 23.9 Å². The maximum absolute atomic E-state index is 14.1. The van der Waals surface area contributed by atoms with Crippen molar-refractivity contribution in [2.45, 2.75) is 32.2 Å². The van der Waals surface area contributed by atoms with Gasteiger partial charge in [0, 0.05) is 57.0 Å². The number of nitrogens with one attached hydrogen (secondary N) is 4. The van der Waals surface area contributed by atoms with Gasteiger partial charge in [-0.3, -0.25) is 19.1 Å². The Balaban J connectivity index is 1.50. The Morgan fingerprint density at radius 2 is 2.05 bits per heavy atom. The Labute approximate surface area is 249 Å². The number of aromatic nitrogens is 4. The molecule has 0 spiro atoms. The molecule has 2 aromatic carbocycles. The molecule has 1 aliphatic rings. The smallest absolute Gasteiger partial charge is 0.270 e. The number of carbonyl (C=O) groups excluding carboxylic acids is 3. The highest BCUT2D eigenvalue weighted by Gasteiger charge is 2.39. The van der Waals surface area contributed by atoms with Crippen LogP contribution in [0.3, 0.4) is 0 Å². The summed E-state index contributed by atoms with van der Waals surface area (Å²) in [5.41, 5.74) is 1.79. The van der Waals surface area contributed by atoms with Crippen LogP contribution in [0.4, 0.5) is 0 Å². The standard InChI is InChI=1S/C31H37N7O5/c1-42-15-5-11-31(30(41)34-12-10-23-18-32-21-36-23)17-22-6-4-7-24(16-22)43-19-27(39)33-13-14-38-28(29(40)35-20-31)25-8-2-3-9-26(25)37-38/h2-4,6-9,16,18,21H,5,10-15,17,19-20H2,1H3,(H,32,36)(H,33,39)(H,34,41)(H,35,40). The molecule has 4 aromatic rings. The number of hydrogen-bond donors (Lipinski definition) is 4. The van der Waals surface area contributed by atoms with Crippen LogP contribution in [0, 0.1) is 5.41 Å². The zero-order valence-corrected chi connectivity index (χ0v) is 24.2. The van der Waals surface area contributed by atoms with Crippen LogP contribution in [0.5, 0.6) is 5.75 Å². The third kappa shape index (κ3) is 7.39. The molecule has 3 heterocycles. The summed E-state index contributed by atoms with van der Waals surface area (Å²) in [5, 5.41) is 14.3. The van der Waals surface area contributed by atoms with E-state index in [0.717, 1.165) is 11.3 Å². The minimum absolute atomic E-state index is 0.0900. The lowest BCUT2D eigenvalue weighted by molar-refractivity contribution is -0.131. The van der Waals surface area contributed by atoms with Crippen LogP contribution in [0.15, 0.2) is 61.1 Å². The summed E-state index contributed by atoms with van der Waals surface area (Å²) in [6, 6.07) is 14.8. The van der Waals surface area contributed by atoms with Gasteiger partial charge in [0.15, 0.2) is 6.61 Å². The molecule has 226 valence electrons. The molecule has 12 nitrogen and oxygen atoms in total. The molecular formula is C31H37N7O5. The molecule has 1 unspecified atom stereocenters. The summed E-state index contributed by atoms with van der Waals surface area (Å²) < 4.78 is 12.7. The summed E-state index contributed by atoms with van der Waals surface area (Å²) in [6.07, 6.45) is 5.32. The molecule has 2 aromatic heterocycles. The monoisotopic (exact) mass is 587 g/mol. The van der Waals surface area contributed by atoms with Gasteiger partial charge in [-0.2, -0.15) is 5.10 Å². The van der Waals surface area contributed by atoms with E-state index in [-0.39, 0.29) is 44.0 Å². The molecular weight excluding hydrogens is 550 g/mol. The number of nitrogens with zero attached hydrogens (tertiary/aromatic N) is 3. The number of carbonyl (C=O) groups is 3. The van der Waals surface area contributed by atoms with Crippen molar-refractivity contribution in [2.24, 2.45) is 5.41 Å². The first-order valence-corrected chi connectivity index (χ1v) is 14.4. The zero-order valence-electron chi connectivity index (χ0n) is 24.2. The van der Waals surface area contributed by atoms with Crippen LogP contribution in [0.2, 0.25) is 0 Å². The molecule has 43 heavy (non-hydrogen) atoms. The second-order valence-electron chi connectivity index (χ2n) is 10.7. The van der Waals surface area contributed by atoms with E-state index >= 15 is 0 Å². The Hall–Kier alpha value is -4.71. The number of methoxy groups -OCH3 is 1. The number of imidazole rings is 1. The molecule has 0 aliphatic carbocycles. The molecule has 1 aliphatic heterocycles. The average molecular weight is 588 g/mol. The predicted molar refractivity (Wildman–Crippen MR) is 160 cm³/mol. The van der Waals surface area contributed by atoms with Crippen molar-refractivity contribution in [3.63, 3.8) is 0 Å². The fourth-order valence-electron chi connectivity index (χ4n) is 5.44. The van der Waals surface area contributed by atoms with Gasteiger partial charge >= 0.3 is 0 Å². The molecule has 3 amide bonds. The van der Waals surface area contributed by atoms with Crippen LogP contribution in [-0.2, 0) is 33.7 Å². The normalized spacial score (nSPS) is 17.9. The number of hydrogen-bond acceptors (Lipinski definition) is 7. The lowest BCUT2D eigenvalue weighted by atomic mass is 9.76. The van der Waals surface area contributed by atoms with Crippen LogP contribution in [0.1, 0.15) is 34.6 Å². The van der Waals surface area contributed by atoms with E-state index in [4.69, 9.17) is 9.47 Å². The van der Waals surface area contributed by atoms with E-state index in [9.17, 15) is 14.4 Å². The summed E-state index contributed by atoms with van der Waals surface area (Å²) in [7, 11) is 1.63. The molecule has 1 atom stereocenters. The van der Waals surface area contributed by atoms with Gasteiger partial charge in [0.2, 0.25) is 5.91 Å². The zero-order chi connectivity index (χ0) is 30.1. The van der Waals surface area contributed by atoms with Gasteiger partial charge in [0.1, 0.15) is 11.4 Å². The van der Waals surface area contributed by atoms with Crippen molar-refractivity contribution in [3.8, 4) is 5.75 Å². The quantitative estimate of drug-likeness (QED) is 0.230. The third-order valence-electron chi connectivity index (χ3n) is 7.63. The van der Waals surface area contributed by atoms with Gasteiger partial charge in [-0.1, -0.05) is 30.3 Å². The van der Waals surface area contributed by atoms with Crippen LogP contribution >= 0.6 is 0 Å². The van der Waals surface area contributed by atoms with E-state index in [2.05, 4.69) is 31.0 Å². The number of H-pyrrole nitrogens is 1. The Bertz CT molecular complexity index is 1550. The topological polar surface area (TPSA) is 152 Å². The fourth-order valence-corrected chi connectivity index (χ4v) is 5.44. The second kappa shape index (κ2) is 14.0. The fraction of sp³-hybridized carbons (Fsp3) is 0.387. The SMILES string of the molecule is COCCCC1(C(=O)NCCc2cnc[nH]2)CNC(=O)c2c3ccccc3nn2CCNC(=O)COc2cccc(c2)C1. The minimum atomic E-state index is -1.00. The van der Waals surface area contributed by atoms with Crippen molar-refractivity contribution in [2.75, 3.05) is 40.0 Å². The van der Waals surface area contributed by atoms with Crippen molar-refractivity contribution in [1.29, 1.82) is 0 Å². The number of fused-ring (bicyclic) bond motifs is 5. The van der Waals surface area contributed by atoms with E-state index < -0.39 is 5.41 Å². The highest BCUT2D eigenvalue weighted by molar-refractivity contribution is 6.05. The first-order valence-electron chi connectivity index (χ1n) is 14.4. The van der Waals surface area contributed by atoms with Gasteiger partial charge in [-0.15, -0.1) is 0 Å². The Kier molecular flexibility index (Phi) is 9.67. The average Bonchev–Trinajstić information content (AvgIpc) is 3.66. The molecule has 0 saturated carbocycles. The van der Waals surface area contributed by atoms with Crippen LogP contribution in [0.25, 0.3) is 10.9 Å². The highest BCUT2D eigenvalue weighted by Crippen LogP contribution is 2.31.